The minimum Gasteiger partial charge on any atom is -0.384 e. The third kappa shape index (κ3) is 1.51. The summed E-state index contributed by atoms with van der Waals surface area (Å²) in [6.45, 7) is 3.57. The van der Waals surface area contributed by atoms with Crippen molar-refractivity contribution in [3.05, 3.63) is 18.1 Å². The van der Waals surface area contributed by atoms with Crippen LogP contribution in [0.3, 0.4) is 0 Å². The van der Waals surface area contributed by atoms with Crippen molar-refractivity contribution in [1.29, 1.82) is 5.26 Å². The molecule has 1 aromatic rings. The maximum Gasteiger partial charge on any atom is 0.127 e. The summed E-state index contributed by atoms with van der Waals surface area (Å²) in [5.41, 5.74) is 5.50. The van der Waals surface area contributed by atoms with E-state index in [4.69, 9.17) is 11.0 Å². The number of anilines is 1. The van der Waals surface area contributed by atoms with Crippen LogP contribution in [0.4, 0.5) is 5.82 Å². The summed E-state index contributed by atoms with van der Waals surface area (Å²) in [6, 6.07) is 3.75. The van der Waals surface area contributed by atoms with Crippen molar-refractivity contribution in [3.63, 3.8) is 0 Å². The molecule has 1 rings (SSSR count). The van der Waals surface area contributed by atoms with Gasteiger partial charge in [0.1, 0.15) is 12.1 Å². The van der Waals surface area contributed by atoms with Crippen LogP contribution in [0.15, 0.2) is 12.4 Å². The summed E-state index contributed by atoms with van der Waals surface area (Å²) in [5.74, 6) is 0.392. The van der Waals surface area contributed by atoms with Crippen molar-refractivity contribution in [2.45, 2.75) is 19.3 Å². The molecule has 0 fully saturated rings. The second-order valence-corrected chi connectivity index (χ2v) is 3.06. The van der Waals surface area contributed by atoms with E-state index in [1.54, 1.807) is 19.9 Å². The van der Waals surface area contributed by atoms with E-state index in [1.165, 1.54) is 6.33 Å². The van der Waals surface area contributed by atoms with Crippen LogP contribution in [0, 0.1) is 11.3 Å². The first-order chi connectivity index (χ1) is 5.56. The van der Waals surface area contributed by atoms with Crippen molar-refractivity contribution in [3.8, 4) is 6.07 Å². The Bertz CT molecular complexity index is 324. The van der Waals surface area contributed by atoms with E-state index in [-0.39, 0.29) is 0 Å². The molecule has 0 spiro atoms. The van der Waals surface area contributed by atoms with Gasteiger partial charge < -0.3 is 5.73 Å². The van der Waals surface area contributed by atoms with Gasteiger partial charge in [0.25, 0.3) is 0 Å². The highest BCUT2D eigenvalue weighted by Crippen LogP contribution is 2.19. The first-order valence-electron chi connectivity index (χ1n) is 3.55. The molecule has 1 aromatic heterocycles. The molecule has 1 heterocycles. The molecule has 0 saturated carbocycles. The fourth-order valence-electron chi connectivity index (χ4n) is 0.771. The Kier molecular flexibility index (Phi) is 1.96. The first-order valence-corrected chi connectivity index (χ1v) is 3.55. The number of nitrogens with two attached hydrogens (primary N) is 1. The molecule has 0 aromatic carbocycles. The first kappa shape index (κ1) is 8.47. The van der Waals surface area contributed by atoms with Gasteiger partial charge in [0.05, 0.1) is 17.2 Å². The monoisotopic (exact) mass is 162 g/mol. The van der Waals surface area contributed by atoms with Gasteiger partial charge in [-0.1, -0.05) is 0 Å². The minimum atomic E-state index is -0.600. The fraction of sp³-hybridized carbons (Fsp3) is 0.375. The summed E-state index contributed by atoms with van der Waals surface area (Å²) in [5, 5.41) is 8.79. The largest absolute Gasteiger partial charge is 0.384 e. The van der Waals surface area contributed by atoms with Gasteiger partial charge in [-0.15, -0.1) is 0 Å². The lowest BCUT2D eigenvalue weighted by Crippen LogP contribution is -2.16. The Morgan fingerprint density at radius 3 is 2.67 bits per heavy atom. The number of nitrogens with zero attached hydrogens (tertiary/aromatic N) is 3. The second-order valence-electron chi connectivity index (χ2n) is 3.06. The normalized spacial score (nSPS) is 10.8. The van der Waals surface area contributed by atoms with Crippen molar-refractivity contribution in [2.75, 3.05) is 5.73 Å². The third-order valence-electron chi connectivity index (χ3n) is 1.61. The summed E-state index contributed by atoms with van der Waals surface area (Å²) in [6.07, 6.45) is 1.36. The molecular formula is C8H10N4. The minimum absolute atomic E-state index is 0.392. The fourth-order valence-corrected chi connectivity index (χ4v) is 0.771. The van der Waals surface area contributed by atoms with Crippen LogP contribution in [-0.2, 0) is 5.41 Å². The zero-order valence-electron chi connectivity index (χ0n) is 7.07. The molecule has 0 amide bonds. The van der Waals surface area contributed by atoms with Gasteiger partial charge in [0, 0.05) is 6.07 Å². The van der Waals surface area contributed by atoms with Crippen LogP contribution in [0.5, 0.6) is 0 Å². The van der Waals surface area contributed by atoms with E-state index in [2.05, 4.69) is 16.0 Å². The van der Waals surface area contributed by atoms with Gasteiger partial charge in [0.15, 0.2) is 0 Å². The van der Waals surface area contributed by atoms with E-state index in [1.807, 2.05) is 0 Å². The standard InChI is InChI=1S/C8H10N4/c1-8(2,4-9)6-3-7(10)12-5-11-6/h3,5H,1-2H3,(H2,10,11,12). The summed E-state index contributed by atoms with van der Waals surface area (Å²) in [4.78, 5) is 7.71. The number of hydrogen-bond acceptors (Lipinski definition) is 4. The smallest absolute Gasteiger partial charge is 0.127 e. The quantitative estimate of drug-likeness (QED) is 0.664. The molecule has 2 N–H and O–H groups in total. The topological polar surface area (TPSA) is 75.6 Å². The summed E-state index contributed by atoms with van der Waals surface area (Å²) >= 11 is 0. The molecule has 12 heavy (non-hydrogen) atoms. The van der Waals surface area contributed by atoms with Crippen LogP contribution >= 0.6 is 0 Å². The molecule has 0 atom stereocenters. The van der Waals surface area contributed by atoms with Gasteiger partial charge >= 0.3 is 0 Å². The van der Waals surface area contributed by atoms with Crippen LogP contribution in [-0.4, -0.2) is 9.97 Å². The summed E-state index contributed by atoms with van der Waals surface area (Å²) < 4.78 is 0. The predicted molar refractivity (Wildman–Crippen MR) is 45.1 cm³/mol. The molecule has 0 bridgehead atoms. The lowest BCUT2D eigenvalue weighted by Gasteiger charge is -2.13. The molecule has 0 saturated heterocycles. The van der Waals surface area contributed by atoms with Crippen LogP contribution in [0.1, 0.15) is 19.5 Å². The highest BCUT2D eigenvalue weighted by Gasteiger charge is 2.21. The Morgan fingerprint density at radius 1 is 1.50 bits per heavy atom. The van der Waals surface area contributed by atoms with Crippen molar-refractivity contribution >= 4 is 5.82 Å². The zero-order valence-corrected chi connectivity index (χ0v) is 7.07. The van der Waals surface area contributed by atoms with Gasteiger partial charge in [-0.2, -0.15) is 5.26 Å². The molecule has 4 heteroatoms. The number of rotatable bonds is 1. The van der Waals surface area contributed by atoms with E-state index in [0.717, 1.165) is 0 Å². The Morgan fingerprint density at radius 2 is 2.17 bits per heavy atom. The summed E-state index contributed by atoms with van der Waals surface area (Å²) in [7, 11) is 0. The average molecular weight is 162 g/mol. The molecule has 0 aliphatic heterocycles. The molecule has 4 nitrogen and oxygen atoms in total. The second kappa shape index (κ2) is 2.78. The van der Waals surface area contributed by atoms with Gasteiger partial charge in [-0.25, -0.2) is 9.97 Å². The maximum atomic E-state index is 8.79. The number of nitrogen functional groups attached to an aromatic ring is 1. The Balaban J connectivity index is 3.14. The molecule has 62 valence electrons. The predicted octanol–water partition coefficient (Wildman–Crippen LogP) is 0.860. The van der Waals surface area contributed by atoms with Gasteiger partial charge in [0.2, 0.25) is 0 Å². The van der Waals surface area contributed by atoms with E-state index >= 15 is 0 Å². The van der Waals surface area contributed by atoms with Gasteiger partial charge in [-0.05, 0) is 13.8 Å². The lowest BCUT2D eigenvalue weighted by atomic mass is 9.91. The molecule has 0 aliphatic rings. The number of nitriles is 1. The molecular weight excluding hydrogens is 152 g/mol. The van der Waals surface area contributed by atoms with Gasteiger partial charge in [-0.3, -0.25) is 0 Å². The number of aromatic nitrogens is 2. The van der Waals surface area contributed by atoms with Crippen molar-refractivity contribution in [1.82, 2.24) is 9.97 Å². The lowest BCUT2D eigenvalue weighted by molar-refractivity contribution is 0.657. The molecule has 0 unspecified atom stereocenters. The molecule has 0 radical (unpaired) electrons. The molecule has 0 aliphatic carbocycles. The maximum absolute atomic E-state index is 8.79. The highest BCUT2D eigenvalue weighted by atomic mass is 14.9. The van der Waals surface area contributed by atoms with Crippen LogP contribution < -0.4 is 5.73 Å². The Hall–Kier alpha value is -1.63. The van der Waals surface area contributed by atoms with Crippen LogP contribution in [0.2, 0.25) is 0 Å². The number of hydrogen-bond donors (Lipinski definition) is 1. The van der Waals surface area contributed by atoms with E-state index < -0.39 is 5.41 Å². The zero-order chi connectivity index (χ0) is 9.19. The Labute approximate surface area is 71.1 Å². The van der Waals surface area contributed by atoms with Crippen molar-refractivity contribution < 1.29 is 0 Å². The SMILES string of the molecule is CC(C)(C#N)c1cc(N)ncn1. The highest BCUT2D eigenvalue weighted by molar-refractivity contribution is 5.33. The van der Waals surface area contributed by atoms with E-state index in [0.29, 0.717) is 11.5 Å². The van der Waals surface area contributed by atoms with Crippen molar-refractivity contribution in [2.24, 2.45) is 0 Å². The third-order valence-corrected chi connectivity index (χ3v) is 1.61. The average Bonchev–Trinajstić information content (AvgIpc) is 2.05. The van der Waals surface area contributed by atoms with Crippen LogP contribution in [0.25, 0.3) is 0 Å². The van der Waals surface area contributed by atoms with E-state index in [9.17, 15) is 0 Å².